The molecule has 0 saturated carbocycles. The van der Waals surface area contributed by atoms with E-state index >= 15 is 0 Å². The van der Waals surface area contributed by atoms with E-state index in [0.717, 1.165) is 16.3 Å². The number of halogens is 2. The second-order valence-electron chi connectivity index (χ2n) is 2.82. The van der Waals surface area contributed by atoms with Gasteiger partial charge in [-0.1, -0.05) is 44.0 Å². The van der Waals surface area contributed by atoms with Crippen molar-refractivity contribution in [2.45, 2.75) is 3.07 Å². The number of imide groups is 1. The van der Waals surface area contributed by atoms with Crippen molar-refractivity contribution in [1.82, 2.24) is 4.31 Å². The number of rotatable bonds is 2. The fourth-order valence-electron chi connectivity index (χ4n) is 1.34. The van der Waals surface area contributed by atoms with Gasteiger partial charge in [-0.15, -0.1) is 0 Å². The molecular formula is C9H5Br2NO2S. The minimum atomic E-state index is -0.260. The second-order valence-corrected chi connectivity index (χ2v) is 8.14. The van der Waals surface area contributed by atoms with Crippen LogP contribution < -0.4 is 0 Å². The van der Waals surface area contributed by atoms with Crippen molar-refractivity contribution in [2.24, 2.45) is 0 Å². The summed E-state index contributed by atoms with van der Waals surface area (Å²) in [7, 11) is 0. The van der Waals surface area contributed by atoms with Crippen LogP contribution in [0.15, 0.2) is 24.3 Å². The standard InChI is InChI=1S/C9H5Br2NO2S/c10-9(11)15-12-7(13)5-3-1-2-4-6(5)8(12)14/h1-4,9H. The number of benzene rings is 1. The molecule has 2 amide bonds. The summed E-state index contributed by atoms with van der Waals surface area (Å²) < 4.78 is 0.992. The third kappa shape index (κ3) is 1.98. The van der Waals surface area contributed by atoms with Crippen LogP contribution in [0.1, 0.15) is 20.7 Å². The summed E-state index contributed by atoms with van der Waals surface area (Å²) in [4.78, 5) is 23.6. The van der Waals surface area contributed by atoms with Gasteiger partial charge in [0, 0.05) is 0 Å². The Hall–Kier alpha value is -0.330. The summed E-state index contributed by atoms with van der Waals surface area (Å²) >= 11 is 7.54. The van der Waals surface area contributed by atoms with E-state index in [1.807, 2.05) is 0 Å². The summed E-state index contributed by atoms with van der Waals surface area (Å²) in [5, 5.41) is 0. The van der Waals surface area contributed by atoms with Gasteiger partial charge in [-0.3, -0.25) is 9.59 Å². The lowest BCUT2D eigenvalue weighted by atomic mass is 10.1. The number of amides is 2. The summed E-state index contributed by atoms with van der Waals surface area (Å²) in [6.07, 6.45) is 0. The van der Waals surface area contributed by atoms with E-state index in [2.05, 4.69) is 31.9 Å². The number of carbonyl (C=O) groups excluding carboxylic acids is 2. The lowest BCUT2D eigenvalue weighted by Gasteiger charge is -2.12. The lowest BCUT2D eigenvalue weighted by Crippen LogP contribution is -2.23. The van der Waals surface area contributed by atoms with Gasteiger partial charge >= 0.3 is 0 Å². The highest BCUT2D eigenvalue weighted by Crippen LogP contribution is 2.34. The maximum atomic E-state index is 11.8. The number of hydrogen-bond donors (Lipinski definition) is 0. The van der Waals surface area contributed by atoms with Crippen LogP contribution in [0.5, 0.6) is 0 Å². The van der Waals surface area contributed by atoms with Gasteiger partial charge in [-0.25, -0.2) is 4.31 Å². The molecule has 0 atom stereocenters. The third-order valence-electron chi connectivity index (χ3n) is 1.94. The van der Waals surface area contributed by atoms with Crippen molar-refractivity contribution in [2.75, 3.05) is 0 Å². The molecule has 6 heteroatoms. The van der Waals surface area contributed by atoms with Gasteiger partial charge in [0.15, 0.2) is 0 Å². The van der Waals surface area contributed by atoms with Crippen LogP contribution in [0.3, 0.4) is 0 Å². The molecule has 0 bridgehead atoms. The average molecular weight is 351 g/mol. The van der Waals surface area contributed by atoms with Crippen molar-refractivity contribution in [1.29, 1.82) is 0 Å². The van der Waals surface area contributed by atoms with Crippen LogP contribution in [0.4, 0.5) is 0 Å². The Morgan fingerprint density at radius 2 is 1.53 bits per heavy atom. The third-order valence-corrected chi connectivity index (χ3v) is 3.65. The first-order valence-electron chi connectivity index (χ1n) is 4.04. The Labute approximate surface area is 108 Å². The summed E-state index contributed by atoms with van der Waals surface area (Å²) in [5.41, 5.74) is 0.936. The monoisotopic (exact) mass is 349 g/mol. The first-order valence-corrected chi connectivity index (χ1v) is 6.71. The number of nitrogens with zero attached hydrogens (tertiary/aromatic N) is 1. The Balaban J connectivity index is 2.37. The first-order chi connectivity index (χ1) is 7.11. The number of alkyl halides is 2. The Morgan fingerprint density at radius 3 is 1.93 bits per heavy atom. The predicted molar refractivity (Wildman–Crippen MR) is 66.2 cm³/mol. The van der Waals surface area contributed by atoms with Crippen molar-refractivity contribution in [3.8, 4) is 0 Å². The van der Waals surface area contributed by atoms with Crippen LogP contribution in [0, 0.1) is 0 Å². The highest BCUT2D eigenvalue weighted by Gasteiger charge is 2.36. The normalized spacial score (nSPS) is 15.0. The number of hydrogen-bond acceptors (Lipinski definition) is 3. The molecule has 0 spiro atoms. The van der Waals surface area contributed by atoms with E-state index in [4.69, 9.17) is 0 Å². The zero-order valence-corrected chi connectivity index (χ0v) is 11.3. The molecule has 2 rings (SSSR count). The van der Waals surface area contributed by atoms with E-state index in [9.17, 15) is 9.59 Å². The lowest BCUT2D eigenvalue weighted by molar-refractivity contribution is 0.0777. The molecule has 1 aromatic rings. The van der Waals surface area contributed by atoms with E-state index in [-0.39, 0.29) is 14.9 Å². The molecule has 1 heterocycles. The van der Waals surface area contributed by atoms with E-state index in [1.54, 1.807) is 24.3 Å². The van der Waals surface area contributed by atoms with Crippen LogP contribution in [-0.4, -0.2) is 19.2 Å². The maximum Gasteiger partial charge on any atom is 0.271 e. The van der Waals surface area contributed by atoms with Crippen LogP contribution in [0.2, 0.25) is 0 Å². The Kier molecular flexibility index (Phi) is 3.18. The van der Waals surface area contributed by atoms with Crippen molar-refractivity contribution < 1.29 is 9.59 Å². The fourth-order valence-corrected chi connectivity index (χ4v) is 2.89. The molecule has 0 aromatic heterocycles. The molecular weight excluding hydrogens is 346 g/mol. The van der Waals surface area contributed by atoms with Gasteiger partial charge in [-0.2, -0.15) is 0 Å². The van der Waals surface area contributed by atoms with Crippen molar-refractivity contribution in [3.63, 3.8) is 0 Å². The van der Waals surface area contributed by atoms with Crippen molar-refractivity contribution in [3.05, 3.63) is 35.4 Å². The summed E-state index contributed by atoms with van der Waals surface area (Å²) in [6.45, 7) is 0. The second kappa shape index (κ2) is 4.27. The summed E-state index contributed by atoms with van der Waals surface area (Å²) in [6, 6.07) is 6.82. The summed E-state index contributed by atoms with van der Waals surface area (Å²) in [5.74, 6) is -0.519. The molecule has 0 fully saturated rings. The van der Waals surface area contributed by atoms with Gasteiger partial charge in [0.05, 0.1) is 11.1 Å². The van der Waals surface area contributed by atoms with Crippen LogP contribution in [-0.2, 0) is 0 Å². The van der Waals surface area contributed by atoms with Crippen LogP contribution >= 0.6 is 43.8 Å². The van der Waals surface area contributed by atoms with Gasteiger partial charge in [-0.05, 0) is 24.1 Å². The van der Waals surface area contributed by atoms with Gasteiger partial charge in [0.2, 0.25) is 0 Å². The van der Waals surface area contributed by atoms with Crippen LogP contribution in [0.25, 0.3) is 0 Å². The zero-order valence-electron chi connectivity index (χ0n) is 7.31. The molecule has 1 aliphatic heterocycles. The number of fused-ring (bicyclic) bond motifs is 1. The first kappa shape index (κ1) is 11.2. The molecule has 0 radical (unpaired) electrons. The smallest absolute Gasteiger partial charge is 0.268 e. The molecule has 0 N–H and O–H groups in total. The van der Waals surface area contributed by atoms with E-state index in [1.165, 1.54) is 0 Å². The van der Waals surface area contributed by atoms with Crippen molar-refractivity contribution >= 4 is 55.6 Å². The maximum absolute atomic E-state index is 11.8. The van der Waals surface area contributed by atoms with Gasteiger partial charge in [0.25, 0.3) is 11.8 Å². The molecule has 0 saturated heterocycles. The molecule has 0 aliphatic carbocycles. The van der Waals surface area contributed by atoms with Gasteiger partial charge in [0.1, 0.15) is 3.07 Å². The van der Waals surface area contributed by atoms with E-state index < -0.39 is 0 Å². The Morgan fingerprint density at radius 1 is 1.07 bits per heavy atom. The minimum absolute atomic E-state index is 0.160. The molecule has 78 valence electrons. The predicted octanol–water partition coefficient (Wildman–Crippen LogP) is 3.00. The average Bonchev–Trinajstić information content (AvgIpc) is 2.44. The molecule has 0 unspecified atom stereocenters. The molecule has 3 nitrogen and oxygen atoms in total. The number of carbonyl (C=O) groups is 2. The largest absolute Gasteiger partial charge is 0.271 e. The minimum Gasteiger partial charge on any atom is -0.268 e. The molecule has 15 heavy (non-hydrogen) atoms. The SMILES string of the molecule is O=C1c2ccccc2C(=O)N1SC(Br)Br. The highest BCUT2D eigenvalue weighted by atomic mass is 79.9. The molecule has 1 aromatic carbocycles. The molecule has 1 aliphatic rings. The fraction of sp³-hybridized carbons (Fsp3) is 0.111. The topological polar surface area (TPSA) is 37.4 Å². The quantitative estimate of drug-likeness (QED) is 0.467. The van der Waals surface area contributed by atoms with E-state index in [0.29, 0.717) is 11.1 Å². The Bertz CT molecular complexity index is 401. The van der Waals surface area contributed by atoms with Gasteiger partial charge < -0.3 is 0 Å². The highest BCUT2D eigenvalue weighted by molar-refractivity contribution is 9.27. The zero-order chi connectivity index (χ0) is 11.0.